The Kier molecular flexibility index (Phi) is 5.39. The molecule has 1 amide bonds. The number of aryl methyl sites for hydroxylation is 1. The summed E-state index contributed by atoms with van der Waals surface area (Å²) in [5.41, 5.74) is 7.68. The number of hydrogen-bond donors (Lipinski definition) is 2. The number of nitrogen functional groups attached to an aromatic ring is 1. The first kappa shape index (κ1) is 21.1. The maximum atomic E-state index is 11.9. The molecule has 3 N–H and O–H groups in total. The maximum absolute atomic E-state index is 11.9. The minimum Gasteiger partial charge on any atom is -0.444 e. The molecule has 0 bridgehead atoms. The molecule has 11 nitrogen and oxygen atoms in total. The summed E-state index contributed by atoms with van der Waals surface area (Å²) in [5.74, 6) is 1.65. The fraction of sp³-hybridized carbons (Fsp3) is 0.286. The summed E-state index contributed by atoms with van der Waals surface area (Å²) in [5, 5.41) is 10.1. The van der Waals surface area contributed by atoms with Gasteiger partial charge in [0, 0.05) is 18.3 Å². The van der Waals surface area contributed by atoms with Crippen molar-refractivity contribution in [3.05, 3.63) is 36.5 Å². The number of amides is 1. The number of carbonyl (C=O) groups is 1. The van der Waals surface area contributed by atoms with Crippen molar-refractivity contribution < 1.29 is 18.9 Å². The van der Waals surface area contributed by atoms with Gasteiger partial charge in [0.1, 0.15) is 16.9 Å². The number of anilines is 2. The SMILES string of the molecule is CCn1c(-c2nonc2N)nc2cnc(Oc3ccc(NC(=O)OC(C)(C)C)cc3)cc21. The second-order valence-corrected chi connectivity index (χ2v) is 7.94. The smallest absolute Gasteiger partial charge is 0.412 e. The van der Waals surface area contributed by atoms with Gasteiger partial charge in [-0.25, -0.2) is 19.4 Å². The van der Waals surface area contributed by atoms with E-state index >= 15 is 0 Å². The van der Waals surface area contributed by atoms with Crippen LogP contribution in [-0.4, -0.2) is 36.5 Å². The summed E-state index contributed by atoms with van der Waals surface area (Å²) in [4.78, 5) is 20.8. The molecule has 0 saturated heterocycles. The number of benzene rings is 1. The minimum absolute atomic E-state index is 0.166. The highest BCUT2D eigenvalue weighted by Crippen LogP contribution is 2.29. The van der Waals surface area contributed by atoms with Gasteiger partial charge in [-0.05, 0) is 62.3 Å². The van der Waals surface area contributed by atoms with E-state index in [1.807, 2.05) is 11.5 Å². The van der Waals surface area contributed by atoms with Crippen molar-refractivity contribution in [2.24, 2.45) is 0 Å². The van der Waals surface area contributed by atoms with Crippen LogP contribution in [0.2, 0.25) is 0 Å². The molecule has 3 aromatic heterocycles. The molecule has 4 aromatic rings. The standard InChI is InChI=1S/C21H23N7O4/c1-5-28-15-10-16(23-11-14(15)25-19(28)17-18(22)27-32-26-17)30-13-8-6-12(7-9-13)24-20(29)31-21(2,3)4/h6-11H,5H2,1-4H3,(H2,22,27)(H,24,29). The molecule has 0 aliphatic heterocycles. The lowest BCUT2D eigenvalue weighted by Crippen LogP contribution is -2.27. The van der Waals surface area contributed by atoms with Crippen LogP contribution in [0.3, 0.4) is 0 Å². The molecule has 4 rings (SSSR count). The Hall–Kier alpha value is -4.15. The summed E-state index contributed by atoms with van der Waals surface area (Å²) in [7, 11) is 0. The van der Waals surface area contributed by atoms with Crippen molar-refractivity contribution in [1.29, 1.82) is 0 Å². The van der Waals surface area contributed by atoms with E-state index in [4.69, 9.17) is 19.8 Å². The third-order valence-electron chi connectivity index (χ3n) is 4.37. The average molecular weight is 437 g/mol. The number of carbonyl (C=O) groups excluding carboxylic acids is 1. The fourth-order valence-corrected chi connectivity index (χ4v) is 3.07. The van der Waals surface area contributed by atoms with E-state index in [2.05, 4.69) is 25.6 Å². The Bertz CT molecular complexity index is 1260. The molecule has 0 unspecified atom stereocenters. The van der Waals surface area contributed by atoms with Crippen molar-refractivity contribution in [1.82, 2.24) is 24.8 Å². The number of pyridine rings is 1. The van der Waals surface area contributed by atoms with Crippen molar-refractivity contribution in [3.8, 4) is 23.1 Å². The zero-order chi connectivity index (χ0) is 22.9. The monoisotopic (exact) mass is 437 g/mol. The fourth-order valence-electron chi connectivity index (χ4n) is 3.07. The largest absolute Gasteiger partial charge is 0.444 e. The Morgan fingerprint density at radius 3 is 2.59 bits per heavy atom. The highest BCUT2D eigenvalue weighted by Gasteiger charge is 2.19. The van der Waals surface area contributed by atoms with Crippen LogP contribution >= 0.6 is 0 Å². The quantitative estimate of drug-likeness (QED) is 0.469. The summed E-state index contributed by atoms with van der Waals surface area (Å²) in [6, 6.07) is 8.66. The number of ether oxygens (including phenoxy) is 2. The van der Waals surface area contributed by atoms with Crippen LogP contribution in [0.4, 0.5) is 16.3 Å². The van der Waals surface area contributed by atoms with Gasteiger partial charge in [-0.1, -0.05) is 0 Å². The van der Waals surface area contributed by atoms with E-state index in [0.717, 1.165) is 5.52 Å². The second-order valence-electron chi connectivity index (χ2n) is 7.94. The Labute approximate surface area is 183 Å². The summed E-state index contributed by atoms with van der Waals surface area (Å²) < 4.78 is 17.8. The highest BCUT2D eigenvalue weighted by molar-refractivity contribution is 5.85. The van der Waals surface area contributed by atoms with E-state index in [-0.39, 0.29) is 5.82 Å². The molecule has 32 heavy (non-hydrogen) atoms. The molecule has 0 aliphatic rings. The first-order chi connectivity index (χ1) is 15.2. The van der Waals surface area contributed by atoms with Gasteiger partial charge in [-0.2, -0.15) is 0 Å². The van der Waals surface area contributed by atoms with Gasteiger partial charge in [0.15, 0.2) is 17.3 Å². The molecule has 1 aromatic carbocycles. The summed E-state index contributed by atoms with van der Waals surface area (Å²) in [6.45, 7) is 8.01. The number of hydrogen-bond acceptors (Lipinski definition) is 9. The van der Waals surface area contributed by atoms with Crippen LogP contribution in [0.1, 0.15) is 27.7 Å². The number of nitrogens with zero attached hydrogens (tertiary/aromatic N) is 5. The first-order valence-corrected chi connectivity index (χ1v) is 9.96. The third-order valence-corrected chi connectivity index (χ3v) is 4.37. The van der Waals surface area contributed by atoms with Crippen LogP contribution in [0.5, 0.6) is 11.6 Å². The van der Waals surface area contributed by atoms with Crippen LogP contribution in [0.15, 0.2) is 41.2 Å². The molecule has 0 radical (unpaired) electrons. The zero-order valence-electron chi connectivity index (χ0n) is 18.1. The zero-order valence-corrected chi connectivity index (χ0v) is 18.1. The Morgan fingerprint density at radius 1 is 1.22 bits per heavy atom. The van der Waals surface area contributed by atoms with E-state index in [1.54, 1.807) is 57.3 Å². The second kappa shape index (κ2) is 8.17. The lowest BCUT2D eigenvalue weighted by atomic mass is 10.2. The van der Waals surface area contributed by atoms with Crippen LogP contribution < -0.4 is 15.8 Å². The molecule has 0 atom stereocenters. The number of imidazole rings is 1. The van der Waals surface area contributed by atoms with Crippen molar-refractivity contribution in [2.45, 2.75) is 39.8 Å². The van der Waals surface area contributed by atoms with Gasteiger partial charge in [0.2, 0.25) is 5.88 Å². The molecule has 0 aliphatic carbocycles. The molecule has 0 fully saturated rings. The van der Waals surface area contributed by atoms with E-state index in [1.165, 1.54) is 0 Å². The lowest BCUT2D eigenvalue weighted by molar-refractivity contribution is 0.0636. The Morgan fingerprint density at radius 2 is 1.97 bits per heavy atom. The first-order valence-electron chi connectivity index (χ1n) is 9.96. The maximum Gasteiger partial charge on any atom is 0.412 e. The number of nitrogens with one attached hydrogen (secondary N) is 1. The third kappa shape index (κ3) is 4.46. The van der Waals surface area contributed by atoms with E-state index in [0.29, 0.717) is 40.9 Å². The summed E-state index contributed by atoms with van der Waals surface area (Å²) in [6.07, 6.45) is 1.09. The van der Waals surface area contributed by atoms with Gasteiger partial charge in [0.05, 0.1) is 11.7 Å². The van der Waals surface area contributed by atoms with Crippen LogP contribution in [0.25, 0.3) is 22.6 Å². The Balaban J connectivity index is 1.53. The molecule has 3 heterocycles. The van der Waals surface area contributed by atoms with Gasteiger partial charge in [0.25, 0.3) is 0 Å². The predicted octanol–water partition coefficient (Wildman–Crippen LogP) is 4.22. The lowest BCUT2D eigenvalue weighted by Gasteiger charge is -2.19. The van der Waals surface area contributed by atoms with Gasteiger partial charge in [-0.15, -0.1) is 0 Å². The van der Waals surface area contributed by atoms with Crippen molar-refractivity contribution in [3.63, 3.8) is 0 Å². The molecular weight excluding hydrogens is 414 g/mol. The minimum atomic E-state index is -0.571. The number of aromatic nitrogens is 5. The highest BCUT2D eigenvalue weighted by atomic mass is 16.6. The molecule has 0 spiro atoms. The average Bonchev–Trinajstić information content (AvgIpc) is 3.30. The van der Waals surface area contributed by atoms with E-state index < -0.39 is 11.7 Å². The van der Waals surface area contributed by atoms with Crippen LogP contribution in [0, 0.1) is 0 Å². The van der Waals surface area contributed by atoms with Crippen LogP contribution in [-0.2, 0) is 11.3 Å². The topological polar surface area (TPSA) is 143 Å². The normalized spacial score (nSPS) is 11.5. The number of rotatable bonds is 5. The number of fused-ring (bicyclic) bond motifs is 1. The van der Waals surface area contributed by atoms with Crippen molar-refractivity contribution >= 4 is 28.6 Å². The van der Waals surface area contributed by atoms with Gasteiger partial charge >= 0.3 is 6.09 Å². The van der Waals surface area contributed by atoms with Gasteiger partial charge < -0.3 is 19.8 Å². The van der Waals surface area contributed by atoms with Gasteiger partial charge in [-0.3, -0.25) is 5.32 Å². The molecule has 11 heteroatoms. The summed E-state index contributed by atoms with van der Waals surface area (Å²) >= 11 is 0. The van der Waals surface area contributed by atoms with Crippen molar-refractivity contribution in [2.75, 3.05) is 11.1 Å². The molecule has 166 valence electrons. The predicted molar refractivity (Wildman–Crippen MR) is 117 cm³/mol. The number of nitrogens with two attached hydrogens (primary N) is 1. The molecular formula is C21H23N7O4. The molecule has 0 saturated carbocycles. The van der Waals surface area contributed by atoms with E-state index in [9.17, 15) is 4.79 Å².